The molecule has 0 unspecified atom stereocenters. The van der Waals surface area contributed by atoms with E-state index in [-0.39, 0.29) is 11.8 Å². The zero-order chi connectivity index (χ0) is 12.1. The molecule has 0 aliphatic carbocycles. The molecule has 0 N–H and O–H groups in total. The van der Waals surface area contributed by atoms with E-state index in [1.165, 1.54) is 11.3 Å². The molecule has 5 heteroatoms. The molecule has 86 valence electrons. The van der Waals surface area contributed by atoms with Crippen LogP contribution in [0, 0.1) is 17.2 Å². The van der Waals surface area contributed by atoms with Crippen molar-refractivity contribution in [1.29, 1.82) is 5.26 Å². The van der Waals surface area contributed by atoms with E-state index in [1.54, 1.807) is 11.0 Å². The largest absolute Gasteiger partial charge is 0.337 e. The number of rotatable bonds is 4. The zero-order valence-corrected chi connectivity index (χ0v) is 11.6. The van der Waals surface area contributed by atoms with Crippen molar-refractivity contribution in [3.63, 3.8) is 0 Å². The van der Waals surface area contributed by atoms with Gasteiger partial charge < -0.3 is 4.90 Å². The molecule has 0 saturated carbocycles. The van der Waals surface area contributed by atoms with Crippen molar-refractivity contribution in [3.05, 3.63) is 20.8 Å². The van der Waals surface area contributed by atoms with Crippen molar-refractivity contribution >= 4 is 33.2 Å². The fourth-order valence-corrected chi connectivity index (χ4v) is 2.67. The molecule has 1 aromatic rings. The first-order chi connectivity index (χ1) is 7.58. The van der Waals surface area contributed by atoms with Gasteiger partial charge in [0.1, 0.15) is 0 Å². The minimum atomic E-state index is -0.132. The second kappa shape index (κ2) is 6.02. The van der Waals surface area contributed by atoms with E-state index < -0.39 is 0 Å². The van der Waals surface area contributed by atoms with Gasteiger partial charge in [0.05, 0.1) is 20.7 Å². The number of hydrogen-bond donors (Lipinski definition) is 0. The van der Waals surface area contributed by atoms with E-state index in [2.05, 4.69) is 22.0 Å². The first kappa shape index (κ1) is 13.2. The number of carbonyl (C=O) groups is 1. The Kier molecular flexibility index (Phi) is 4.97. The first-order valence-electron chi connectivity index (χ1n) is 5.02. The van der Waals surface area contributed by atoms with Gasteiger partial charge in [-0.3, -0.25) is 4.79 Å². The summed E-state index contributed by atoms with van der Waals surface area (Å²) in [6.07, 6.45) is 0. The van der Waals surface area contributed by atoms with Crippen molar-refractivity contribution in [2.75, 3.05) is 13.1 Å². The molecule has 1 amide bonds. The number of hydrogen-bond acceptors (Lipinski definition) is 3. The van der Waals surface area contributed by atoms with Gasteiger partial charge in [0.2, 0.25) is 0 Å². The lowest BCUT2D eigenvalue weighted by Crippen LogP contribution is -2.33. The molecule has 0 spiro atoms. The molecule has 1 rings (SSSR count). The van der Waals surface area contributed by atoms with Crippen LogP contribution in [0.3, 0.4) is 0 Å². The van der Waals surface area contributed by atoms with Crippen LogP contribution in [0.15, 0.2) is 15.9 Å². The van der Waals surface area contributed by atoms with Crippen LogP contribution in [-0.4, -0.2) is 23.9 Å². The molecule has 0 aliphatic heterocycles. The highest BCUT2D eigenvalue weighted by Crippen LogP contribution is 2.23. The van der Waals surface area contributed by atoms with Crippen molar-refractivity contribution in [2.24, 2.45) is 5.92 Å². The molecule has 0 aliphatic rings. The maximum absolute atomic E-state index is 12.0. The van der Waals surface area contributed by atoms with Crippen LogP contribution >= 0.6 is 27.3 Å². The lowest BCUT2D eigenvalue weighted by molar-refractivity contribution is 0.0757. The fraction of sp³-hybridized carbons (Fsp3) is 0.455. The van der Waals surface area contributed by atoms with Crippen molar-refractivity contribution in [3.8, 4) is 6.07 Å². The monoisotopic (exact) mass is 300 g/mol. The van der Waals surface area contributed by atoms with Crippen LogP contribution < -0.4 is 0 Å². The molecule has 0 bridgehead atoms. The van der Waals surface area contributed by atoms with Gasteiger partial charge in [-0.25, -0.2) is 0 Å². The lowest BCUT2D eigenvalue weighted by Gasteiger charge is -2.21. The SMILES string of the molecule is CCN(C[C@H](C)C#N)C(=O)c1ccc(Br)s1. The topological polar surface area (TPSA) is 44.1 Å². The quantitative estimate of drug-likeness (QED) is 0.857. The second-order valence-electron chi connectivity index (χ2n) is 3.48. The zero-order valence-electron chi connectivity index (χ0n) is 9.24. The molecule has 1 heterocycles. The van der Waals surface area contributed by atoms with Crippen LogP contribution in [-0.2, 0) is 0 Å². The molecule has 0 radical (unpaired) electrons. The van der Waals surface area contributed by atoms with Gasteiger partial charge in [-0.2, -0.15) is 5.26 Å². The van der Waals surface area contributed by atoms with Gasteiger partial charge in [-0.05, 0) is 41.9 Å². The molecule has 0 aromatic carbocycles. The van der Waals surface area contributed by atoms with Crippen LogP contribution in [0.5, 0.6) is 0 Å². The maximum Gasteiger partial charge on any atom is 0.263 e. The number of amides is 1. The highest BCUT2D eigenvalue weighted by molar-refractivity contribution is 9.11. The number of carbonyl (C=O) groups excluding carboxylic acids is 1. The Morgan fingerprint density at radius 1 is 1.69 bits per heavy atom. The van der Waals surface area contributed by atoms with Gasteiger partial charge in [0.15, 0.2) is 0 Å². The Hall–Kier alpha value is -0.860. The van der Waals surface area contributed by atoms with Crippen LogP contribution in [0.2, 0.25) is 0 Å². The average Bonchev–Trinajstić information content (AvgIpc) is 2.71. The summed E-state index contributed by atoms with van der Waals surface area (Å²) in [5.41, 5.74) is 0. The van der Waals surface area contributed by atoms with Crippen molar-refractivity contribution in [1.82, 2.24) is 4.90 Å². The summed E-state index contributed by atoms with van der Waals surface area (Å²) in [5, 5.41) is 8.74. The summed E-state index contributed by atoms with van der Waals surface area (Å²) in [6, 6.07) is 5.80. The number of nitriles is 1. The van der Waals surface area contributed by atoms with E-state index in [0.29, 0.717) is 18.0 Å². The first-order valence-corrected chi connectivity index (χ1v) is 6.63. The van der Waals surface area contributed by atoms with Crippen LogP contribution in [0.1, 0.15) is 23.5 Å². The predicted octanol–water partition coefficient (Wildman–Crippen LogP) is 3.13. The molecule has 1 atom stereocenters. The minimum Gasteiger partial charge on any atom is -0.337 e. The standard InChI is InChI=1S/C11H13BrN2OS/c1-3-14(7-8(2)6-13)11(15)9-4-5-10(12)16-9/h4-5,8H,3,7H2,1-2H3/t8-/m1/s1. The molecular formula is C11H13BrN2OS. The summed E-state index contributed by atoms with van der Waals surface area (Å²) < 4.78 is 0.945. The molecule has 3 nitrogen and oxygen atoms in total. The van der Waals surface area contributed by atoms with Gasteiger partial charge >= 0.3 is 0 Å². The summed E-state index contributed by atoms with van der Waals surface area (Å²) in [7, 11) is 0. The number of halogens is 1. The normalized spacial score (nSPS) is 11.9. The highest BCUT2D eigenvalue weighted by Gasteiger charge is 2.17. The van der Waals surface area contributed by atoms with E-state index in [9.17, 15) is 4.79 Å². The number of thiophene rings is 1. The molecule has 1 aromatic heterocycles. The molecule has 0 fully saturated rings. The van der Waals surface area contributed by atoms with Crippen molar-refractivity contribution in [2.45, 2.75) is 13.8 Å². The Balaban J connectivity index is 2.74. The minimum absolute atomic E-state index is 0.000278. The third-order valence-electron chi connectivity index (χ3n) is 2.17. The Labute approximate surface area is 108 Å². The second-order valence-corrected chi connectivity index (χ2v) is 5.94. The Morgan fingerprint density at radius 3 is 2.81 bits per heavy atom. The lowest BCUT2D eigenvalue weighted by atomic mass is 10.2. The summed E-state index contributed by atoms with van der Waals surface area (Å²) in [5.74, 6) is -0.132. The van der Waals surface area contributed by atoms with Gasteiger partial charge in [0, 0.05) is 13.1 Å². The Bertz CT molecular complexity index is 410. The van der Waals surface area contributed by atoms with Crippen LogP contribution in [0.25, 0.3) is 0 Å². The third kappa shape index (κ3) is 3.32. The molecule has 16 heavy (non-hydrogen) atoms. The van der Waals surface area contributed by atoms with Gasteiger partial charge in [0.25, 0.3) is 5.91 Å². The maximum atomic E-state index is 12.0. The predicted molar refractivity (Wildman–Crippen MR) is 68.4 cm³/mol. The molecular weight excluding hydrogens is 288 g/mol. The highest BCUT2D eigenvalue weighted by atomic mass is 79.9. The molecule has 0 saturated heterocycles. The fourth-order valence-electron chi connectivity index (χ4n) is 1.31. The van der Waals surface area contributed by atoms with E-state index >= 15 is 0 Å². The van der Waals surface area contributed by atoms with E-state index in [1.807, 2.05) is 19.9 Å². The summed E-state index contributed by atoms with van der Waals surface area (Å²) in [6.45, 7) is 4.85. The Morgan fingerprint density at radius 2 is 2.38 bits per heavy atom. The van der Waals surface area contributed by atoms with Crippen molar-refractivity contribution < 1.29 is 4.79 Å². The average molecular weight is 301 g/mol. The summed E-state index contributed by atoms with van der Waals surface area (Å²) in [4.78, 5) is 14.5. The third-order valence-corrected chi connectivity index (χ3v) is 3.78. The van der Waals surface area contributed by atoms with E-state index in [0.717, 1.165) is 3.79 Å². The summed E-state index contributed by atoms with van der Waals surface area (Å²) >= 11 is 4.75. The number of nitrogens with zero attached hydrogens (tertiary/aromatic N) is 2. The van der Waals surface area contributed by atoms with E-state index in [4.69, 9.17) is 5.26 Å². The van der Waals surface area contributed by atoms with Gasteiger partial charge in [-0.1, -0.05) is 0 Å². The smallest absolute Gasteiger partial charge is 0.263 e. The van der Waals surface area contributed by atoms with Crippen LogP contribution in [0.4, 0.5) is 0 Å². The van der Waals surface area contributed by atoms with Gasteiger partial charge in [-0.15, -0.1) is 11.3 Å².